The maximum Gasteiger partial charge on any atom is 0.376 e. The van der Waals surface area contributed by atoms with Crippen LogP contribution in [0.1, 0.15) is 18.7 Å². The molecule has 3 N–H and O–H groups in total. The van der Waals surface area contributed by atoms with Crippen LogP contribution in [-0.4, -0.2) is 86.4 Å². The first-order valence-electron chi connectivity index (χ1n) is 11.4. The van der Waals surface area contributed by atoms with Gasteiger partial charge in [-0.2, -0.15) is 0 Å². The summed E-state index contributed by atoms with van der Waals surface area (Å²) in [5.41, 5.74) is 0.496. The SMILES string of the molecule is OC(O)(O)n1cnnc1C1=CC2CN=CN2C(Oc2ccc(OCCOC3CCOCC3)cc2)=C1. The highest BCUT2D eigenvalue weighted by Gasteiger charge is 2.32. The van der Waals surface area contributed by atoms with Gasteiger partial charge in [0.1, 0.15) is 24.4 Å². The molecule has 1 aromatic heterocycles. The third-order valence-electron chi connectivity index (χ3n) is 5.81. The zero-order valence-corrected chi connectivity index (χ0v) is 18.9. The Kier molecular flexibility index (Phi) is 6.79. The van der Waals surface area contributed by atoms with E-state index in [1.165, 1.54) is 0 Å². The summed E-state index contributed by atoms with van der Waals surface area (Å²) in [6.07, 6.45) is 5.14. The second-order valence-corrected chi connectivity index (χ2v) is 8.29. The molecule has 2 aromatic rings. The summed E-state index contributed by atoms with van der Waals surface area (Å²) in [5.74, 6) is 1.80. The Morgan fingerprint density at radius 1 is 1.06 bits per heavy atom. The van der Waals surface area contributed by atoms with Gasteiger partial charge in [-0.1, -0.05) is 0 Å². The van der Waals surface area contributed by atoms with E-state index in [2.05, 4.69) is 15.2 Å². The molecule has 1 saturated heterocycles. The van der Waals surface area contributed by atoms with E-state index < -0.39 is 6.10 Å². The van der Waals surface area contributed by atoms with Crippen molar-refractivity contribution in [1.29, 1.82) is 0 Å². The van der Waals surface area contributed by atoms with Crippen LogP contribution < -0.4 is 9.47 Å². The molecular weight excluding hydrogens is 458 g/mol. The van der Waals surface area contributed by atoms with Crippen LogP contribution in [0.5, 0.6) is 11.5 Å². The Hall–Kier alpha value is -3.29. The van der Waals surface area contributed by atoms with Crippen molar-refractivity contribution in [2.45, 2.75) is 31.1 Å². The summed E-state index contributed by atoms with van der Waals surface area (Å²) in [7, 11) is 0. The van der Waals surface area contributed by atoms with Gasteiger partial charge in [-0.25, -0.2) is 4.57 Å². The van der Waals surface area contributed by atoms with E-state index in [9.17, 15) is 15.3 Å². The van der Waals surface area contributed by atoms with Crippen LogP contribution in [0.15, 0.2) is 53.6 Å². The van der Waals surface area contributed by atoms with Crippen molar-refractivity contribution in [3.8, 4) is 11.5 Å². The standard InChI is InChI=1S/C23H27N5O7/c29-23(30,31)28-15-25-26-22(28)16-11-17-13-24-14-27(17)21(12-16)35-20-3-1-18(2-4-20)33-9-10-34-19-5-7-32-8-6-19/h1-4,11-12,14-15,17,19,29-31H,5-10,13H2. The van der Waals surface area contributed by atoms with Crippen LogP contribution in [0.2, 0.25) is 0 Å². The number of fused-ring (bicyclic) bond motifs is 1. The summed E-state index contributed by atoms with van der Waals surface area (Å²) in [6, 6.07) is 7.05. The Labute approximate surface area is 201 Å². The normalized spacial score (nSPS) is 20.4. The Balaban J connectivity index is 1.23. The highest BCUT2D eigenvalue weighted by molar-refractivity contribution is 5.76. The molecule has 0 saturated carbocycles. The molecule has 0 amide bonds. The number of ether oxygens (including phenoxy) is 4. The van der Waals surface area contributed by atoms with Crippen molar-refractivity contribution in [2.75, 3.05) is 33.0 Å². The molecule has 12 nitrogen and oxygen atoms in total. The van der Waals surface area contributed by atoms with Crippen molar-refractivity contribution in [3.05, 3.63) is 54.5 Å². The van der Waals surface area contributed by atoms with E-state index in [4.69, 9.17) is 18.9 Å². The van der Waals surface area contributed by atoms with E-state index >= 15 is 0 Å². The molecule has 3 aliphatic heterocycles. The maximum atomic E-state index is 9.60. The van der Waals surface area contributed by atoms with Crippen LogP contribution in [-0.2, 0) is 15.6 Å². The number of allylic oxidation sites excluding steroid dienone is 2. The summed E-state index contributed by atoms with van der Waals surface area (Å²) >= 11 is 0. The first-order chi connectivity index (χ1) is 17.0. The quantitative estimate of drug-likeness (QED) is 0.338. The van der Waals surface area contributed by atoms with Crippen LogP contribution in [0.4, 0.5) is 0 Å². The molecule has 3 aliphatic rings. The lowest BCUT2D eigenvalue weighted by atomic mass is 10.1. The molecule has 1 atom stereocenters. The fourth-order valence-electron chi connectivity index (χ4n) is 4.05. The van der Waals surface area contributed by atoms with Gasteiger partial charge in [0.25, 0.3) is 0 Å². The number of aliphatic imine (C=N–C) groups is 1. The molecule has 4 heterocycles. The Morgan fingerprint density at radius 3 is 2.60 bits per heavy atom. The van der Waals surface area contributed by atoms with Gasteiger partial charge in [0.15, 0.2) is 5.82 Å². The molecule has 0 radical (unpaired) electrons. The topological polar surface area (TPSA) is 144 Å². The molecule has 5 rings (SSSR count). The summed E-state index contributed by atoms with van der Waals surface area (Å²) in [5, 5.41) is 36.4. The van der Waals surface area contributed by atoms with Gasteiger partial charge < -0.3 is 34.3 Å². The minimum absolute atomic E-state index is 0.0665. The van der Waals surface area contributed by atoms with E-state index in [-0.39, 0.29) is 18.0 Å². The molecule has 1 unspecified atom stereocenters. The predicted octanol–water partition coefficient (Wildman–Crippen LogP) is 0.427. The number of aliphatic hydroxyl groups is 3. The zero-order chi connectivity index (χ0) is 24.3. The lowest BCUT2D eigenvalue weighted by Gasteiger charge is -2.29. The lowest BCUT2D eigenvalue weighted by Crippen LogP contribution is -2.36. The summed E-state index contributed by atoms with van der Waals surface area (Å²) in [6.45, 7) is 2.95. The van der Waals surface area contributed by atoms with Crippen molar-refractivity contribution in [3.63, 3.8) is 0 Å². The molecule has 0 aliphatic carbocycles. The Morgan fingerprint density at radius 2 is 1.83 bits per heavy atom. The minimum Gasteiger partial charge on any atom is -0.491 e. The van der Waals surface area contributed by atoms with Crippen LogP contribution in [0.3, 0.4) is 0 Å². The molecule has 186 valence electrons. The van der Waals surface area contributed by atoms with Gasteiger partial charge in [-0.05, 0) is 43.2 Å². The average molecular weight is 485 g/mol. The van der Waals surface area contributed by atoms with E-state index in [0.717, 1.165) is 36.9 Å². The van der Waals surface area contributed by atoms with E-state index in [1.807, 2.05) is 23.1 Å². The predicted molar refractivity (Wildman–Crippen MR) is 122 cm³/mol. The molecular formula is C23H27N5O7. The lowest BCUT2D eigenvalue weighted by molar-refractivity contribution is -0.375. The molecule has 1 aromatic carbocycles. The van der Waals surface area contributed by atoms with Crippen molar-refractivity contribution < 1.29 is 34.3 Å². The fourth-order valence-corrected chi connectivity index (χ4v) is 4.05. The fraction of sp³-hybridized carbons (Fsp3) is 0.435. The third kappa shape index (κ3) is 5.52. The van der Waals surface area contributed by atoms with E-state index in [0.29, 0.717) is 42.7 Å². The second kappa shape index (κ2) is 10.1. The number of hydrogen-bond acceptors (Lipinski definition) is 11. The smallest absolute Gasteiger partial charge is 0.376 e. The van der Waals surface area contributed by atoms with Crippen LogP contribution in [0, 0.1) is 0 Å². The van der Waals surface area contributed by atoms with Gasteiger partial charge >= 0.3 is 6.10 Å². The molecule has 0 spiro atoms. The van der Waals surface area contributed by atoms with Gasteiger partial charge in [-0.3, -0.25) is 9.89 Å². The van der Waals surface area contributed by atoms with Crippen LogP contribution in [0.25, 0.3) is 5.57 Å². The van der Waals surface area contributed by atoms with Crippen molar-refractivity contribution in [1.82, 2.24) is 19.7 Å². The number of rotatable bonds is 9. The summed E-state index contributed by atoms with van der Waals surface area (Å²) < 4.78 is 23.8. The van der Waals surface area contributed by atoms with Gasteiger partial charge in [0, 0.05) is 24.9 Å². The minimum atomic E-state index is -3.14. The van der Waals surface area contributed by atoms with Crippen LogP contribution >= 0.6 is 0 Å². The molecule has 35 heavy (non-hydrogen) atoms. The molecule has 0 bridgehead atoms. The third-order valence-corrected chi connectivity index (χ3v) is 5.81. The van der Waals surface area contributed by atoms with Crippen molar-refractivity contribution in [2.24, 2.45) is 4.99 Å². The Bertz CT molecular complexity index is 1100. The number of hydrogen-bond donors (Lipinski definition) is 3. The maximum absolute atomic E-state index is 9.60. The molecule has 12 heteroatoms. The van der Waals surface area contributed by atoms with Gasteiger partial charge in [0.05, 0.1) is 31.6 Å². The first-order valence-corrected chi connectivity index (χ1v) is 11.4. The highest BCUT2D eigenvalue weighted by Crippen LogP contribution is 2.30. The second-order valence-electron chi connectivity index (χ2n) is 8.29. The van der Waals surface area contributed by atoms with Gasteiger partial charge in [-0.15, -0.1) is 10.2 Å². The first kappa shape index (κ1) is 23.5. The average Bonchev–Trinajstić information content (AvgIpc) is 3.53. The number of nitrogens with zero attached hydrogens (tertiary/aromatic N) is 5. The number of benzene rings is 1. The zero-order valence-electron chi connectivity index (χ0n) is 18.9. The number of aromatic nitrogens is 3. The largest absolute Gasteiger partial charge is 0.491 e. The molecule has 1 fully saturated rings. The highest BCUT2D eigenvalue weighted by atomic mass is 16.7. The summed E-state index contributed by atoms with van der Waals surface area (Å²) in [4.78, 5) is 6.16. The van der Waals surface area contributed by atoms with Crippen molar-refractivity contribution >= 4 is 11.9 Å². The van der Waals surface area contributed by atoms with E-state index in [1.54, 1.807) is 24.5 Å². The monoisotopic (exact) mass is 485 g/mol. The van der Waals surface area contributed by atoms with Gasteiger partial charge in [0.2, 0.25) is 5.88 Å².